The van der Waals surface area contributed by atoms with Crippen LogP contribution in [0.25, 0.3) is 0 Å². The Hall–Kier alpha value is -1.27. The van der Waals surface area contributed by atoms with Crippen LogP contribution < -0.4 is 5.32 Å². The summed E-state index contributed by atoms with van der Waals surface area (Å²) in [5.41, 5.74) is 0.504. The van der Waals surface area contributed by atoms with E-state index in [1.165, 1.54) is 10.9 Å². The fourth-order valence-corrected chi connectivity index (χ4v) is 1.70. The fourth-order valence-electron chi connectivity index (χ4n) is 1.70. The average Bonchev–Trinajstić information content (AvgIpc) is 2.64. The molecule has 0 radical (unpaired) electrons. The summed E-state index contributed by atoms with van der Waals surface area (Å²) in [5.74, 6) is -0.0188. The van der Waals surface area contributed by atoms with Crippen molar-refractivity contribution < 1.29 is 9.53 Å². The summed E-state index contributed by atoms with van der Waals surface area (Å²) in [4.78, 5) is 12.0. The van der Waals surface area contributed by atoms with Gasteiger partial charge in [-0.1, -0.05) is 5.21 Å². The number of nitrogens with one attached hydrogen (secondary N) is 1. The Morgan fingerprint density at radius 3 is 3.13 bits per heavy atom. The van der Waals surface area contributed by atoms with Crippen LogP contribution in [0.15, 0.2) is 6.20 Å². The first kappa shape index (κ1) is 10.3. The highest BCUT2D eigenvalue weighted by atomic mass is 16.5. The zero-order valence-electron chi connectivity index (χ0n) is 8.80. The lowest BCUT2D eigenvalue weighted by atomic mass is 10.0. The van der Waals surface area contributed by atoms with Crippen molar-refractivity contribution in [3.8, 4) is 0 Å². The van der Waals surface area contributed by atoms with Crippen LogP contribution in [0.5, 0.6) is 0 Å². The first-order chi connectivity index (χ1) is 7.20. The molecule has 1 fully saturated rings. The minimum Gasteiger partial charge on any atom is -0.375 e. The van der Waals surface area contributed by atoms with E-state index in [-0.39, 0.29) is 17.9 Å². The third-order valence-electron chi connectivity index (χ3n) is 2.57. The molecular formula is C9H14N4O2. The van der Waals surface area contributed by atoms with E-state index in [9.17, 15) is 4.79 Å². The standard InChI is InChI=1S/C9H14N4O2/c1-6-8(10-3-4-15-6)9(14)7-5-11-12-13(7)2/h5-6,8,10H,3-4H2,1-2H3. The van der Waals surface area contributed by atoms with Crippen molar-refractivity contribution in [2.45, 2.75) is 19.1 Å². The maximum Gasteiger partial charge on any atom is 0.201 e. The zero-order chi connectivity index (χ0) is 10.8. The Morgan fingerprint density at radius 2 is 2.53 bits per heavy atom. The van der Waals surface area contributed by atoms with E-state index in [1.54, 1.807) is 7.05 Å². The fraction of sp³-hybridized carbons (Fsp3) is 0.667. The molecule has 82 valence electrons. The number of morpholine rings is 1. The van der Waals surface area contributed by atoms with Gasteiger partial charge in [-0.3, -0.25) is 4.79 Å². The molecule has 0 saturated carbocycles. The molecule has 1 aliphatic heterocycles. The molecule has 2 unspecified atom stereocenters. The normalized spacial score (nSPS) is 26.5. The highest BCUT2D eigenvalue weighted by molar-refractivity contribution is 5.98. The molecule has 2 heterocycles. The summed E-state index contributed by atoms with van der Waals surface area (Å²) in [5, 5.41) is 10.6. The molecule has 0 aromatic carbocycles. The molecule has 15 heavy (non-hydrogen) atoms. The SMILES string of the molecule is CC1OCCNC1C(=O)c1cnnn1C. The van der Waals surface area contributed by atoms with Gasteiger partial charge in [0.2, 0.25) is 5.78 Å². The lowest BCUT2D eigenvalue weighted by Crippen LogP contribution is -2.51. The maximum absolute atomic E-state index is 12.0. The molecule has 2 rings (SSSR count). The second-order valence-electron chi connectivity index (χ2n) is 3.61. The Kier molecular flexibility index (Phi) is 2.79. The Labute approximate surface area is 87.6 Å². The summed E-state index contributed by atoms with van der Waals surface area (Å²) in [6.07, 6.45) is 1.37. The summed E-state index contributed by atoms with van der Waals surface area (Å²) in [6, 6.07) is -0.295. The van der Waals surface area contributed by atoms with Crippen LogP contribution in [0, 0.1) is 0 Å². The molecule has 1 saturated heterocycles. The van der Waals surface area contributed by atoms with Crippen LogP contribution in [-0.4, -0.2) is 46.1 Å². The zero-order valence-corrected chi connectivity index (χ0v) is 8.80. The molecule has 6 heteroatoms. The molecule has 0 amide bonds. The van der Waals surface area contributed by atoms with Gasteiger partial charge in [-0.2, -0.15) is 0 Å². The Bertz CT molecular complexity index is 363. The number of hydrogen-bond donors (Lipinski definition) is 1. The lowest BCUT2D eigenvalue weighted by molar-refractivity contribution is 0.0108. The highest BCUT2D eigenvalue weighted by Gasteiger charge is 2.30. The third-order valence-corrected chi connectivity index (χ3v) is 2.57. The topological polar surface area (TPSA) is 69.0 Å². The van der Waals surface area contributed by atoms with E-state index < -0.39 is 0 Å². The van der Waals surface area contributed by atoms with Crippen molar-refractivity contribution in [3.05, 3.63) is 11.9 Å². The quantitative estimate of drug-likeness (QED) is 0.658. The first-order valence-corrected chi connectivity index (χ1v) is 4.94. The minimum absolute atomic E-state index is 0.0188. The van der Waals surface area contributed by atoms with Gasteiger partial charge in [0, 0.05) is 13.6 Å². The van der Waals surface area contributed by atoms with E-state index >= 15 is 0 Å². The third kappa shape index (κ3) is 1.91. The van der Waals surface area contributed by atoms with E-state index in [0.29, 0.717) is 18.8 Å². The number of nitrogens with zero attached hydrogens (tertiary/aromatic N) is 3. The van der Waals surface area contributed by atoms with Gasteiger partial charge in [-0.15, -0.1) is 5.10 Å². The number of carbonyl (C=O) groups excluding carboxylic acids is 1. The van der Waals surface area contributed by atoms with E-state index in [1.807, 2.05) is 6.92 Å². The molecular weight excluding hydrogens is 196 g/mol. The predicted molar refractivity (Wildman–Crippen MR) is 52.5 cm³/mol. The van der Waals surface area contributed by atoms with Crippen LogP contribution >= 0.6 is 0 Å². The van der Waals surface area contributed by atoms with Gasteiger partial charge >= 0.3 is 0 Å². The molecule has 1 aliphatic rings. The first-order valence-electron chi connectivity index (χ1n) is 4.94. The van der Waals surface area contributed by atoms with Crippen molar-refractivity contribution in [2.24, 2.45) is 7.05 Å². The number of aromatic nitrogens is 3. The summed E-state index contributed by atoms with van der Waals surface area (Å²) < 4.78 is 6.89. The molecule has 1 aromatic rings. The summed E-state index contributed by atoms with van der Waals surface area (Å²) in [7, 11) is 1.70. The maximum atomic E-state index is 12.0. The number of ketones is 1. The molecule has 1 aromatic heterocycles. The minimum atomic E-state index is -0.295. The number of Topliss-reactive ketones (excluding diaryl/α,β-unsaturated/α-hetero) is 1. The smallest absolute Gasteiger partial charge is 0.201 e. The monoisotopic (exact) mass is 210 g/mol. The van der Waals surface area contributed by atoms with E-state index in [2.05, 4.69) is 15.6 Å². The number of rotatable bonds is 2. The van der Waals surface area contributed by atoms with E-state index in [4.69, 9.17) is 4.74 Å². The van der Waals surface area contributed by atoms with Gasteiger partial charge in [-0.25, -0.2) is 4.68 Å². The second kappa shape index (κ2) is 4.08. The Balaban J connectivity index is 2.17. The molecule has 0 aliphatic carbocycles. The van der Waals surface area contributed by atoms with Gasteiger partial charge in [0.25, 0.3) is 0 Å². The molecule has 0 spiro atoms. The highest BCUT2D eigenvalue weighted by Crippen LogP contribution is 2.09. The predicted octanol–water partition coefficient (Wildman–Crippen LogP) is -0.625. The summed E-state index contributed by atoms with van der Waals surface area (Å²) in [6.45, 7) is 3.24. The van der Waals surface area contributed by atoms with Crippen LogP contribution in [0.3, 0.4) is 0 Å². The van der Waals surface area contributed by atoms with Crippen molar-refractivity contribution >= 4 is 5.78 Å². The second-order valence-corrected chi connectivity index (χ2v) is 3.61. The average molecular weight is 210 g/mol. The van der Waals surface area contributed by atoms with Gasteiger partial charge < -0.3 is 10.1 Å². The molecule has 6 nitrogen and oxygen atoms in total. The van der Waals surface area contributed by atoms with Gasteiger partial charge in [0.15, 0.2) is 0 Å². The number of aryl methyl sites for hydroxylation is 1. The number of hydrogen-bond acceptors (Lipinski definition) is 5. The molecule has 0 bridgehead atoms. The number of carbonyl (C=O) groups is 1. The van der Waals surface area contributed by atoms with Crippen molar-refractivity contribution in [3.63, 3.8) is 0 Å². The molecule has 2 atom stereocenters. The van der Waals surface area contributed by atoms with Crippen molar-refractivity contribution in [1.29, 1.82) is 0 Å². The van der Waals surface area contributed by atoms with E-state index in [0.717, 1.165) is 0 Å². The Morgan fingerprint density at radius 1 is 1.73 bits per heavy atom. The van der Waals surface area contributed by atoms with Crippen LogP contribution in [0.1, 0.15) is 17.4 Å². The largest absolute Gasteiger partial charge is 0.375 e. The van der Waals surface area contributed by atoms with Crippen LogP contribution in [0.2, 0.25) is 0 Å². The van der Waals surface area contributed by atoms with Gasteiger partial charge in [-0.05, 0) is 6.92 Å². The molecule has 1 N–H and O–H groups in total. The van der Waals surface area contributed by atoms with Crippen LogP contribution in [0.4, 0.5) is 0 Å². The lowest BCUT2D eigenvalue weighted by Gasteiger charge is -2.28. The van der Waals surface area contributed by atoms with Crippen LogP contribution in [-0.2, 0) is 11.8 Å². The number of ether oxygens (including phenoxy) is 1. The van der Waals surface area contributed by atoms with Gasteiger partial charge in [0.05, 0.1) is 24.9 Å². The van der Waals surface area contributed by atoms with Crippen molar-refractivity contribution in [2.75, 3.05) is 13.2 Å². The van der Waals surface area contributed by atoms with Gasteiger partial charge in [0.1, 0.15) is 5.69 Å². The summed E-state index contributed by atoms with van der Waals surface area (Å²) >= 11 is 0. The van der Waals surface area contributed by atoms with Crippen molar-refractivity contribution in [1.82, 2.24) is 20.3 Å².